The first kappa shape index (κ1) is 15.6. The van der Waals surface area contributed by atoms with Crippen molar-refractivity contribution in [3.05, 3.63) is 36.0 Å². The first-order valence-corrected chi connectivity index (χ1v) is 8.82. The van der Waals surface area contributed by atoms with Crippen LogP contribution in [0.25, 0.3) is 10.9 Å². The minimum absolute atomic E-state index is 0.154. The summed E-state index contributed by atoms with van der Waals surface area (Å²) in [4.78, 5) is 0. The molecule has 0 aliphatic carbocycles. The predicted octanol–water partition coefficient (Wildman–Crippen LogP) is 5.42. The number of aryl methyl sites for hydroxylation is 1. The number of hydrogen-bond acceptors (Lipinski definition) is 1. The van der Waals surface area contributed by atoms with Crippen molar-refractivity contribution in [2.45, 2.75) is 59.8 Å². The molecule has 120 valence electrons. The second-order valence-electron chi connectivity index (χ2n) is 6.98. The van der Waals surface area contributed by atoms with Crippen molar-refractivity contribution < 1.29 is 4.74 Å². The van der Waals surface area contributed by atoms with Gasteiger partial charge in [-0.05, 0) is 36.3 Å². The largest absolute Gasteiger partial charge is 0.354 e. The number of nitrogens with zero attached hydrogens (tertiary/aromatic N) is 1. The van der Waals surface area contributed by atoms with Gasteiger partial charge < -0.3 is 9.30 Å². The molecule has 0 radical (unpaired) electrons. The highest BCUT2D eigenvalue weighted by Crippen LogP contribution is 2.42. The van der Waals surface area contributed by atoms with Gasteiger partial charge in [0.1, 0.15) is 6.23 Å². The fourth-order valence-corrected chi connectivity index (χ4v) is 4.06. The van der Waals surface area contributed by atoms with Crippen LogP contribution in [0.2, 0.25) is 0 Å². The second-order valence-corrected chi connectivity index (χ2v) is 6.98. The van der Waals surface area contributed by atoms with Gasteiger partial charge in [-0.25, -0.2) is 0 Å². The fraction of sp³-hybridized carbons (Fsp3) is 0.600. The third-order valence-corrected chi connectivity index (χ3v) is 5.89. The Labute approximate surface area is 134 Å². The van der Waals surface area contributed by atoms with Gasteiger partial charge in [0, 0.05) is 17.5 Å². The van der Waals surface area contributed by atoms with Crippen LogP contribution in [0.5, 0.6) is 0 Å². The molecule has 2 heteroatoms. The molecule has 1 aliphatic heterocycles. The average Bonchev–Trinajstić information content (AvgIpc) is 2.92. The Kier molecular flexibility index (Phi) is 4.31. The molecule has 3 rings (SSSR count). The minimum atomic E-state index is 0.154. The molecule has 1 aromatic carbocycles. The van der Waals surface area contributed by atoms with Crippen LogP contribution in [0.3, 0.4) is 0 Å². The highest BCUT2D eigenvalue weighted by molar-refractivity contribution is 5.84. The van der Waals surface area contributed by atoms with Gasteiger partial charge in [0.15, 0.2) is 0 Å². The number of aromatic nitrogens is 1. The zero-order chi connectivity index (χ0) is 15.9. The number of benzene rings is 1. The van der Waals surface area contributed by atoms with E-state index in [0.29, 0.717) is 23.9 Å². The topological polar surface area (TPSA) is 14.2 Å². The van der Waals surface area contributed by atoms with Crippen molar-refractivity contribution in [2.75, 3.05) is 0 Å². The first-order chi connectivity index (χ1) is 10.6. The van der Waals surface area contributed by atoms with Crippen LogP contribution < -0.4 is 0 Å². The van der Waals surface area contributed by atoms with Crippen molar-refractivity contribution in [3.63, 3.8) is 0 Å². The number of hydrogen-bond donors (Lipinski definition) is 0. The standard InChI is InChI=1S/C20H29NO/c1-6-16-12-21(18-11-9-8-10-17(16)18)20-15(5)13(3)14(4)19(7-2)22-20/h8-15,19-20H,6-7H2,1-5H3/t13-,14?,15+,19+,20+/m0/s1. The maximum atomic E-state index is 6.55. The number of fused-ring (bicyclic) bond motifs is 1. The Balaban J connectivity index is 2.06. The Morgan fingerprint density at radius 1 is 1.00 bits per heavy atom. The molecule has 0 bridgehead atoms. The molecule has 1 aromatic heterocycles. The smallest absolute Gasteiger partial charge is 0.137 e. The maximum Gasteiger partial charge on any atom is 0.137 e. The molecule has 0 spiro atoms. The molecular weight excluding hydrogens is 270 g/mol. The molecule has 0 N–H and O–H groups in total. The first-order valence-electron chi connectivity index (χ1n) is 8.82. The zero-order valence-corrected chi connectivity index (χ0v) is 14.5. The van der Waals surface area contributed by atoms with Gasteiger partial charge in [-0.2, -0.15) is 0 Å². The predicted molar refractivity (Wildman–Crippen MR) is 93.0 cm³/mol. The molecule has 0 saturated carbocycles. The Morgan fingerprint density at radius 3 is 2.41 bits per heavy atom. The van der Waals surface area contributed by atoms with Crippen LogP contribution in [0.4, 0.5) is 0 Å². The van der Waals surface area contributed by atoms with E-state index in [0.717, 1.165) is 12.8 Å². The van der Waals surface area contributed by atoms with E-state index in [1.54, 1.807) is 0 Å². The summed E-state index contributed by atoms with van der Waals surface area (Å²) in [6.07, 6.45) is 5.00. The number of rotatable bonds is 3. The molecule has 5 atom stereocenters. The Morgan fingerprint density at radius 2 is 1.73 bits per heavy atom. The lowest BCUT2D eigenvalue weighted by Crippen LogP contribution is -2.42. The molecular formula is C20H29NO. The van der Waals surface area contributed by atoms with E-state index in [1.165, 1.54) is 16.5 Å². The summed E-state index contributed by atoms with van der Waals surface area (Å²) in [6.45, 7) is 11.6. The Hall–Kier alpha value is -1.28. The lowest BCUT2D eigenvalue weighted by Gasteiger charge is -2.44. The lowest BCUT2D eigenvalue weighted by molar-refractivity contribution is -0.166. The van der Waals surface area contributed by atoms with Crippen LogP contribution in [-0.4, -0.2) is 10.7 Å². The van der Waals surface area contributed by atoms with Crippen LogP contribution in [0.1, 0.15) is 52.8 Å². The van der Waals surface area contributed by atoms with Crippen LogP contribution in [0.15, 0.2) is 30.5 Å². The van der Waals surface area contributed by atoms with Crippen molar-refractivity contribution in [1.29, 1.82) is 0 Å². The number of ether oxygens (including phenoxy) is 1. The number of para-hydroxylation sites is 1. The van der Waals surface area contributed by atoms with E-state index in [4.69, 9.17) is 4.74 Å². The quantitative estimate of drug-likeness (QED) is 0.738. The molecule has 2 nitrogen and oxygen atoms in total. The average molecular weight is 299 g/mol. The minimum Gasteiger partial charge on any atom is -0.354 e. The summed E-state index contributed by atoms with van der Waals surface area (Å²) in [6, 6.07) is 8.74. The highest BCUT2D eigenvalue weighted by Gasteiger charge is 2.39. The van der Waals surface area contributed by atoms with Crippen LogP contribution in [0, 0.1) is 17.8 Å². The summed E-state index contributed by atoms with van der Waals surface area (Å²) < 4.78 is 8.94. The third-order valence-electron chi connectivity index (χ3n) is 5.89. The van der Waals surface area contributed by atoms with Gasteiger partial charge in [-0.15, -0.1) is 0 Å². The summed E-state index contributed by atoms with van der Waals surface area (Å²) in [5, 5.41) is 1.38. The van der Waals surface area contributed by atoms with E-state index in [2.05, 4.69) is 69.6 Å². The van der Waals surface area contributed by atoms with Gasteiger partial charge in [-0.1, -0.05) is 52.8 Å². The van der Waals surface area contributed by atoms with E-state index in [1.807, 2.05) is 0 Å². The summed E-state index contributed by atoms with van der Waals surface area (Å²) in [5.74, 6) is 1.83. The summed E-state index contributed by atoms with van der Waals surface area (Å²) >= 11 is 0. The maximum absolute atomic E-state index is 6.55. The van der Waals surface area contributed by atoms with Gasteiger partial charge in [0.2, 0.25) is 0 Å². The molecule has 1 aliphatic rings. The molecule has 0 amide bonds. The van der Waals surface area contributed by atoms with Crippen molar-refractivity contribution in [3.8, 4) is 0 Å². The molecule has 22 heavy (non-hydrogen) atoms. The normalized spacial score (nSPS) is 32.5. The molecule has 1 fully saturated rings. The van der Waals surface area contributed by atoms with E-state index in [-0.39, 0.29) is 6.23 Å². The van der Waals surface area contributed by atoms with E-state index >= 15 is 0 Å². The van der Waals surface area contributed by atoms with Crippen molar-refractivity contribution in [1.82, 2.24) is 4.57 Å². The molecule has 1 unspecified atom stereocenters. The van der Waals surface area contributed by atoms with Gasteiger partial charge in [-0.3, -0.25) is 0 Å². The fourth-order valence-electron chi connectivity index (χ4n) is 4.06. The highest BCUT2D eigenvalue weighted by atomic mass is 16.5. The lowest BCUT2D eigenvalue weighted by atomic mass is 9.77. The molecule has 1 saturated heterocycles. The zero-order valence-electron chi connectivity index (χ0n) is 14.5. The molecule has 2 aromatic rings. The summed E-state index contributed by atoms with van der Waals surface area (Å²) in [5.41, 5.74) is 2.73. The van der Waals surface area contributed by atoms with Gasteiger partial charge >= 0.3 is 0 Å². The van der Waals surface area contributed by atoms with Crippen molar-refractivity contribution in [2.24, 2.45) is 17.8 Å². The van der Waals surface area contributed by atoms with Gasteiger partial charge in [0.05, 0.1) is 11.6 Å². The van der Waals surface area contributed by atoms with Crippen LogP contribution in [-0.2, 0) is 11.2 Å². The third kappa shape index (κ3) is 2.38. The van der Waals surface area contributed by atoms with E-state index in [9.17, 15) is 0 Å². The second kappa shape index (κ2) is 6.08. The summed E-state index contributed by atoms with van der Waals surface area (Å²) in [7, 11) is 0. The Bertz CT molecular complexity index is 642. The van der Waals surface area contributed by atoms with Crippen LogP contribution >= 0.6 is 0 Å². The van der Waals surface area contributed by atoms with Gasteiger partial charge in [0.25, 0.3) is 0 Å². The monoisotopic (exact) mass is 299 g/mol. The molecule has 2 heterocycles. The van der Waals surface area contributed by atoms with E-state index < -0.39 is 0 Å². The SMILES string of the molecule is CCc1cn([C@@H]2O[C@H](CC)C(C)[C@H](C)[C@H]2C)c2ccccc12. The van der Waals surface area contributed by atoms with Crippen molar-refractivity contribution >= 4 is 10.9 Å².